The van der Waals surface area contributed by atoms with Crippen molar-refractivity contribution < 1.29 is 22.8 Å². The van der Waals surface area contributed by atoms with Crippen LogP contribution in [0.15, 0.2) is 42.5 Å². The number of carbonyl (C=O) groups is 2. The number of anilines is 2. The lowest BCUT2D eigenvalue weighted by Crippen LogP contribution is -2.35. The summed E-state index contributed by atoms with van der Waals surface area (Å²) in [6, 6.07) is 8.25. The van der Waals surface area contributed by atoms with Crippen molar-refractivity contribution in [1.29, 1.82) is 0 Å². The van der Waals surface area contributed by atoms with Crippen molar-refractivity contribution in [2.75, 3.05) is 10.6 Å². The molecule has 0 unspecified atom stereocenters. The Morgan fingerprint density at radius 3 is 2.00 bits per heavy atom. The lowest BCUT2D eigenvalue weighted by molar-refractivity contribution is -0.131. The first-order chi connectivity index (χ1) is 11.4. The Morgan fingerprint density at radius 2 is 1.46 bits per heavy atom. The van der Waals surface area contributed by atoms with Crippen molar-refractivity contribution in [3.63, 3.8) is 0 Å². The van der Waals surface area contributed by atoms with E-state index in [0.29, 0.717) is 12.8 Å². The van der Waals surface area contributed by atoms with Crippen LogP contribution in [0.5, 0.6) is 0 Å². The van der Waals surface area contributed by atoms with Gasteiger partial charge in [-0.3, -0.25) is 9.59 Å². The minimum absolute atomic E-state index is 0.0590. The second-order valence-corrected chi connectivity index (χ2v) is 5.63. The first kappa shape index (κ1) is 16.0. The zero-order chi connectivity index (χ0) is 17.3. The van der Waals surface area contributed by atoms with Crippen LogP contribution < -0.4 is 10.6 Å². The predicted octanol–water partition coefficient (Wildman–Crippen LogP) is 3.46. The molecule has 0 radical (unpaired) electrons. The highest BCUT2D eigenvalue weighted by Crippen LogP contribution is 2.47. The Hall–Kier alpha value is -2.83. The minimum Gasteiger partial charge on any atom is -0.325 e. The molecule has 1 fully saturated rings. The average Bonchev–Trinajstić information content (AvgIpc) is 3.33. The van der Waals surface area contributed by atoms with E-state index in [1.807, 2.05) is 0 Å². The van der Waals surface area contributed by atoms with E-state index in [1.54, 1.807) is 0 Å². The number of hydrogen-bond acceptors (Lipinski definition) is 2. The highest BCUT2D eigenvalue weighted by atomic mass is 19.2. The second kappa shape index (κ2) is 5.99. The molecule has 4 nitrogen and oxygen atoms in total. The van der Waals surface area contributed by atoms with E-state index < -0.39 is 34.7 Å². The summed E-state index contributed by atoms with van der Waals surface area (Å²) in [6.07, 6.45) is 0.646. The fourth-order valence-electron chi connectivity index (χ4n) is 2.32. The number of hydrogen-bond donors (Lipinski definition) is 2. The Morgan fingerprint density at radius 1 is 0.833 bits per heavy atom. The summed E-state index contributed by atoms with van der Waals surface area (Å²) in [7, 11) is 0. The highest BCUT2D eigenvalue weighted by Gasteiger charge is 2.56. The van der Waals surface area contributed by atoms with Gasteiger partial charge in [-0.1, -0.05) is 6.07 Å². The molecule has 1 saturated carbocycles. The molecule has 3 rings (SSSR count). The molecule has 0 aliphatic heterocycles. The van der Waals surface area contributed by atoms with Gasteiger partial charge < -0.3 is 10.6 Å². The van der Waals surface area contributed by atoms with E-state index in [1.165, 1.54) is 24.3 Å². The normalized spacial score (nSPS) is 14.8. The quantitative estimate of drug-likeness (QED) is 0.841. The summed E-state index contributed by atoms with van der Waals surface area (Å²) < 4.78 is 39.2. The SMILES string of the molecule is O=C(Nc1cccc(F)c1)C1(C(=O)Nc2ccc(F)c(F)c2)CC1. The average molecular weight is 334 g/mol. The van der Waals surface area contributed by atoms with Crippen LogP contribution in [-0.2, 0) is 9.59 Å². The number of carbonyl (C=O) groups excluding carboxylic acids is 2. The second-order valence-electron chi connectivity index (χ2n) is 5.63. The van der Waals surface area contributed by atoms with E-state index in [2.05, 4.69) is 10.6 Å². The maximum Gasteiger partial charge on any atom is 0.240 e. The molecular weight excluding hydrogens is 321 g/mol. The molecule has 0 atom stereocenters. The molecule has 1 aliphatic carbocycles. The van der Waals surface area contributed by atoms with Gasteiger partial charge >= 0.3 is 0 Å². The molecule has 7 heteroatoms. The molecule has 1 aliphatic rings. The van der Waals surface area contributed by atoms with Crippen LogP contribution in [0.25, 0.3) is 0 Å². The van der Waals surface area contributed by atoms with Gasteiger partial charge in [0.15, 0.2) is 11.6 Å². The van der Waals surface area contributed by atoms with E-state index in [-0.39, 0.29) is 11.4 Å². The van der Waals surface area contributed by atoms with Crippen molar-refractivity contribution >= 4 is 23.2 Å². The lowest BCUT2D eigenvalue weighted by Gasteiger charge is -2.15. The maximum absolute atomic E-state index is 13.2. The number of benzene rings is 2. The molecule has 124 valence electrons. The van der Waals surface area contributed by atoms with Gasteiger partial charge in [0.25, 0.3) is 0 Å². The van der Waals surface area contributed by atoms with Gasteiger partial charge in [-0.05, 0) is 43.2 Å². The van der Waals surface area contributed by atoms with Crippen LogP contribution in [-0.4, -0.2) is 11.8 Å². The molecule has 0 aromatic heterocycles. The molecule has 24 heavy (non-hydrogen) atoms. The van der Waals surface area contributed by atoms with Gasteiger partial charge in [-0.2, -0.15) is 0 Å². The van der Waals surface area contributed by atoms with Gasteiger partial charge in [-0.25, -0.2) is 13.2 Å². The fourth-order valence-corrected chi connectivity index (χ4v) is 2.32. The molecular formula is C17H13F3N2O2. The Kier molecular flexibility index (Phi) is 4.01. The largest absolute Gasteiger partial charge is 0.325 e. The van der Waals surface area contributed by atoms with Crippen molar-refractivity contribution in [2.45, 2.75) is 12.8 Å². The van der Waals surface area contributed by atoms with Crippen LogP contribution >= 0.6 is 0 Å². The molecule has 0 heterocycles. The summed E-state index contributed by atoms with van der Waals surface area (Å²) in [4.78, 5) is 24.7. The van der Waals surface area contributed by atoms with Crippen LogP contribution in [0, 0.1) is 22.9 Å². The van der Waals surface area contributed by atoms with Gasteiger partial charge in [0.05, 0.1) is 0 Å². The maximum atomic E-state index is 13.2. The molecule has 0 saturated heterocycles. The number of rotatable bonds is 4. The molecule has 0 spiro atoms. The summed E-state index contributed by atoms with van der Waals surface area (Å²) >= 11 is 0. The summed E-state index contributed by atoms with van der Waals surface area (Å²) in [5, 5.41) is 4.91. The zero-order valence-electron chi connectivity index (χ0n) is 12.4. The van der Waals surface area contributed by atoms with Crippen LogP contribution in [0.1, 0.15) is 12.8 Å². The summed E-state index contributed by atoms with van der Waals surface area (Å²) in [5.74, 6) is -3.81. The molecule has 0 bridgehead atoms. The van der Waals surface area contributed by atoms with E-state index in [0.717, 1.165) is 18.2 Å². The topological polar surface area (TPSA) is 58.2 Å². The first-order valence-electron chi connectivity index (χ1n) is 7.24. The highest BCUT2D eigenvalue weighted by molar-refractivity contribution is 6.16. The van der Waals surface area contributed by atoms with E-state index in [9.17, 15) is 22.8 Å². The minimum atomic E-state index is -1.28. The summed E-state index contributed by atoms with van der Waals surface area (Å²) in [6.45, 7) is 0. The number of halogens is 3. The van der Waals surface area contributed by atoms with Crippen molar-refractivity contribution in [1.82, 2.24) is 0 Å². The number of nitrogens with one attached hydrogen (secondary N) is 2. The third-order valence-electron chi connectivity index (χ3n) is 3.88. The van der Waals surface area contributed by atoms with Crippen molar-refractivity contribution in [3.05, 3.63) is 59.9 Å². The first-order valence-corrected chi connectivity index (χ1v) is 7.24. The van der Waals surface area contributed by atoms with E-state index >= 15 is 0 Å². The Labute approximate surface area is 135 Å². The van der Waals surface area contributed by atoms with Gasteiger partial charge in [0.2, 0.25) is 11.8 Å². The molecule has 2 amide bonds. The molecule has 2 N–H and O–H groups in total. The van der Waals surface area contributed by atoms with Gasteiger partial charge in [0, 0.05) is 17.4 Å². The predicted molar refractivity (Wildman–Crippen MR) is 81.7 cm³/mol. The van der Waals surface area contributed by atoms with Crippen LogP contribution in [0.4, 0.5) is 24.5 Å². The Bertz CT molecular complexity index is 819. The third-order valence-corrected chi connectivity index (χ3v) is 3.88. The van der Waals surface area contributed by atoms with Crippen molar-refractivity contribution in [3.8, 4) is 0 Å². The van der Waals surface area contributed by atoms with Crippen molar-refractivity contribution in [2.24, 2.45) is 5.41 Å². The lowest BCUT2D eigenvalue weighted by atomic mass is 10.0. The monoisotopic (exact) mass is 334 g/mol. The van der Waals surface area contributed by atoms with Crippen LogP contribution in [0.3, 0.4) is 0 Å². The van der Waals surface area contributed by atoms with Gasteiger partial charge in [-0.15, -0.1) is 0 Å². The van der Waals surface area contributed by atoms with Crippen LogP contribution in [0.2, 0.25) is 0 Å². The van der Waals surface area contributed by atoms with E-state index in [4.69, 9.17) is 0 Å². The third kappa shape index (κ3) is 3.10. The Balaban J connectivity index is 1.71. The molecule has 2 aromatic rings. The standard InChI is InChI=1S/C17H13F3N2O2/c18-10-2-1-3-11(8-10)21-15(23)17(6-7-17)16(24)22-12-4-5-13(19)14(20)9-12/h1-5,8-9H,6-7H2,(H,21,23)(H,22,24). The zero-order valence-corrected chi connectivity index (χ0v) is 12.4. The summed E-state index contributed by atoms with van der Waals surface area (Å²) in [5.41, 5.74) is -0.979. The number of amides is 2. The molecule has 2 aromatic carbocycles. The smallest absolute Gasteiger partial charge is 0.240 e. The fraction of sp³-hybridized carbons (Fsp3) is 0.176. The van der Waals surface area contributed by atoms with Gasteiger partial charge in [0.1, 0.15) is 11.2 Å².